The normalized spacial score (nSPS) is 12.4. The van der Waals surface area contributed by atoms with E-state index in [1.165, 1.54) is 0 Å². The summed E-state index contributed by atoms with van der Waals surface area (Å²) in [6, 6.07) is 5.18. The predicted octanol–water partition coefficient (Wildman–Crippen LogP) is 3.38. The zero-order chi connectivity index (χ0) is 10.7. The Labute approximate surface area is 95.1 Å². The lowest BCUT2D eigenvalue weighted by Gasteiger charge is -2.14. The molecule has 0 fully saturated rings. The third-order valence-corrected chi connectivity index (χ3v) is 2.27. The maximum Gasteiger partial charge on any atom is 0.240 e. The van der Waals surface area contributed by atoms with Gasteiger partial charge < -0.3 is 5.73 Å². The van der Waals surface area contributed by atoms with Gasteiger partial charge in [0.15, 0.2) is 0 Å². The van der Waals surface area contributed by atoms with Gasteiger partial charge >= 0.3 is 0 Å². The van der Waals surface area contributed by atoms with Crippen molar-refractivity contribution in [3.8, 4) is 0 Å². The molecule has 1 nitrogen and oxygen atoms in total. The first kappa shape index (κ1) is 14.3. The number of aryl methyl sites for hydroxylation is 2. The summed E-state index contributed by atoms with van der Waals surface area (Å²) in [7, 11) is 0. The van der Waals surface area contributed by atoms with Crippen LogP contribution in [0.4, 0.5) is 8.78 Å². The Kier molecular flexibility index (Phi) is 5.76. The Morgan fingerprint density at radius 2 is 1.87 bits per heavy atom. The lowest BCUT2D eigenvalue weighted by atomic mass is 9.98. The molecule has 86 valence electrons. The van der Waals surface area contributed by atoms with Crippen molar-refractivity contribution in [1.82, 2.24) is 0 Å². The second-order valence-electron chi connectivity index (χ2n) is 3.59. The van der Waals surface area contributed by atoms with Crippen molar-refractivity contribution < 1.29 is 8.78 Å². The minimum absolute atomic E-state index is 0. The van der Waals surface area contributed by atoms with E-state index in [-0.39, 0.29) is 18.8 Å². The fourth-order valence-corrected chi connectivity index (χ4v) is 1.48. The zero-order valence-corrected chi connectivity index (χ0v) is 9.65. The van der Waals surface area contributed by atoms with Crippen LogP contribution in [0.3, 0.4) is 0 Å². The highest BCUT2D eigenvalue weighted by Gasteiger charge is 2.14. The molecule has 0 aliphatic heterocycles. The minimum Gasteiger partial charge on any atom is -0.324 e. The van der Waals surface area contributed by atoms with Gasteiger partial charge in [-0.15, -0.1) is 12.4 Å². The molecule has 0 amide bonds. The third kappa shape index (κ3) is 4.14. The fraction of sp³-hybridized carbons (Fsp3) is 0.455. The van der Waals surface area contributed by atoms with Crippen LogP contribution in [-0.4, -0.2) is 6.43 Å². The predicted molar refractivity (Wildman–Crippen MR) is 60.7 cm³/mol. The number of hydrogen-bond donors (Lipinski definition) is 1. The summed E-state index contributed by atoms with van der Waals surface area (Å²) < 4.78 is 24.2. The molecule has 2 N–H and O–H groups in total. The fourth-order valence-electron chi connectivity index (χ4n) is 1.48. The standard InChI is InChI=1S/C11H15F2N.ClH/c1-7-3-4-8(2)9(5-7)10(14)6-11(12)13;/h3-5,10-11H,6,14H2,1-2H3;1H/t10-;/m1./s1. The second-order valence-corrected chi connectivity index (χ2v) is 3.59. The zero-order valence-electron chi connectivity index (χ0n) is 8.84. The van der Waals surface area contributed by atoms with E-state index in [0.717, 1.165) is 16.7 Å². The number of hydrogen-bond acceptors (Lipinski definition) is 1. The highest BCUT2D eigenvalue weighted by Crippen LogP contribution is 2.22. The molecule has 1 aromatic carbocycles. The number of nitrogens with two attached hydrogens (primary N) is 1. The van der Waals surface area contributed by atoms with Crippen molar-refractivity contribution in [1.29, 1.82) is 0 Å². The van der Waals surface area contributed by atoms with Gasteiger partial charge in [0, 0.05) is 12.5 Å². The van der Waals surface area contributed by atoms with Crippen molar-refractivity contribution in [3.63, 3.8) is 0 Å². The number of benzene rings is 1. The van der Waals surface area contributed by atoms with Crippen LogP contribution in [0, 0.1) is 13.8 Å². The van der Waals surface area contributed by atoms with Gasteiger partial charge in [0.05, 0.1) is 0 Å². The summed E-state index contributed by atoms with van der Waals surface area (Å²) in [6.07, 6.45) is -2.62. The maximum atomic E-state index is 12.1. The Morgan fingerprint density at radius 1 is 1.27 bits per heavy atom. The van der Waals surface area contributed by atoms with E-state index in [0.29, 0.717) is 0 Å². The van der Waals surface area contributed by atoms with Crippen molar-refractivity contribution in [3.05, 3.63) is 34.9 Å². The van der Waals surface area contributed by atoms with E-state index in [9.17, 15) is 8.78 Å². The average Bonchev–Trinajstić information content (AvgIpc) is 2.08. The van der Waals surface area contributed by atoms with E-state index in [2.05, 4.69) is 0 Å². The van der Waals surface area contributed by atoms with Crippen LogP contribution in [-0.2, 0) is 0 Å². The summed E-state index contributed by atoms with van der Waals surface area (Å²) in [6.45, 7) is 3.82. The van der Waals surface area contributed by atoms with Gasteiger partial charge in [-0.3, -0.25) is 0 Å². The van der Waals surface area contributed by atoms with Gasteiger partial charge in [0.25, 0.3) is 0 Å². The van der Waals surface area contributed by atoms with Gasteiger partial charge in [0.2, 0.25) is 6.43 Å². The molecular formula is C11H16ClF2N. The van der Waals surface area contributed by atoms with Crippen molar-refractivity contribution >= 4 is 12.4 Å². The molecule has 0 aliphatic rings. The Balaban J connectivity index is 0.00000196. The Bertz CT molecular complexity index is 315. The van der Waals surface area contributed by atoms with Gasteiger partial charge in [-0.05, 0) is 25.0 Å². The highest BCUT2D eigenvalue weighted by atomic mass is 35.5. The van der Waals surface area contributed by atoms with Crippen LogP contribution < -0.4 is 5.73 Å². The van der Waals surface area contributed by atoms with E-state index in [1.807, 2.05) is 32.0 Å². The minimum atomic E-state index is -2.34. The van der Waals surface area contributed by atoms with Crippen molar-refractivity contribution in [2.24, 2.45) is 5.73 Å². The maximum absolute atomic E-state index is 12.1. The van der Waals surface area contributed by atoms with Crippen LogP contribution in [0.25, 0.3) is 0 Å². The summed E-state index contributed by atoms with van der Waals surface area (Å²) in [5, 5.41) is 0. The highest BCUT2D eigenvalue weighted by molar-refractivity contribution is 5.85. The molecule has 0 heterocycles. The lowest BCUT2D eigenvalue weighted by Crippen LogP contribution is -2.15. The second kappa shape index (κ2) is 6.03. The smallest absolute Gasteiger partial charge is 0.240 e. The quantitative estimate of drug-likeness (QED) is 0.854. The Hall–Kier alpha value is -0.670. The first-order valence-electron chi connectivity index (χ1n) is 4.61. The number of rotatable bonds is 3. The largest absolute Gasteiger partial charge is 0.324 e. The molecule has 0 radical (unpaired) electrons. The molecule has 0 saturated heterocycles. The SMILES string of the molecule is Cc1ccc(C)c([C@H](N)CC(F)F)c1.Cl. The molecule has 0 saturated carbocycles. The van der Waals surface area contributed by atoms with Gasteiger partial charge in [0.1, 0.15) is 0 Å². The molecule has 1 rings (SSSR count). The number of alkyl halides is 2. The van der Waals surface area contributed by atoms with Crippen molar-refractivity contribution in [2.45, 2.75) is 32.7 Å². The van der Waals surface area contributed by atoms with Crippen LogP contribution in [0.5, 0.6) is 0 Å². The van der Waals surface area contributed by atoms with E-state index < -0.39 is 12.5 Å². The first-order valence-corrected chi connectivity index (χ1v) is 4.61. The van der Waals surface area contributed by atoms with E-state index in [1.54, 1.807) is 0 Å². The van der Waals surface area contributed by atoms with E-state index >= 15 is 0 Å². The molecule has 0 bridgehead atoms. The summed E-state index contributed by atoms with van der Waals surface area (Å²) in [5.41, 5.74) is 8.54. The average molecular weight is 236 g/mol. The topological polar surface area (TPSA) is 26.0 Å². The Morgan fingerprint density at radius 3 is 2.40 bits per heavy atom. The number of halogens is 3. The summed E-state index contributed by atoms with van der Waals surface area (Å²) >= 11 is 0. The molecule has 15 heavy (non-hydrogen) atoms. The molecule has 0 aliphatic carbocycles. The summed E-state index contributed by atoms with van der Waals surface area (Å²) in [4.78, 5) is 0. The van der Waals surface area contributed by atoms with Crippen LogP contribution >= 0.6 is 12.4 Å². The van der Waals surface area contributed by atoms with Crippen LogP contribution in [0.15, 0.2) is 18.2 Å². The molecule has 0 unspecified atom stereocenters. The lowest BCUT2D eigenvalue weighted by molar-refractivity contribution is 0.128. The molecule has 1 aromatic rings. The van der Waals surface area contributed by atoms with Crippen molar-refractivity contribution in [2.75, 3.05) is 0 Å². The summed E-state index contributed by atoms with van der Waals surface area (Å²) in [5.74, 6) is 0. The van der Waals surface area contributed by atoms with Crippen LogP contribution in [0.2, 0.25) is 0 Å². The monoisotopic (exact) mass is 235 g/mol. The van der Waals surface area contributed by atoms with Gasteiger partial charge in [-0.2, -0.15) is 0 Å². The molecule has 0 spiro atoms. The molecule has 0 aromatic heterocycles. The third-order valence-electron chi connectivity index (χ3n) is 2.27. The molecular weight excluding hydrogens is 220 g/mol. The first-order chi connectivity index (χ1) is 6.50. The van der Waals surface area contributed by atoms with E-state index in [4.69, 9.17) is 5.73 Å². The molecule has 1 atom stereocenters. The van der Waals surface area contributed by atoms with Crippen LogP contribution in [0.1, 0.15) is 29.2 Å². The molecule has 4 heteroatoms. The van der Waals surface area contributed by atoms with Gasteiger partial charge in [-0.25, -0.2) is 8.78 Å². The van der Waals surface area contributed by atoms with Gasteiger partial charge in [-0.1, -0.05) is 23.8 Å².